The molecule has 1 aliphatic rings. The maximum absolute atomic E-state index is 11.5. The minimum atomic E-state index is -1.78. The zero-order chi connectivity index (χ0) is 20.5. The molecule has 0 aliphatic carbocycles. The summed E-state index contributed by atoms with van der Waals surface area (Å²) in [4.78, 5) is 5.44. The van der Waals surface area contributed by atoms with Crippen LogP contribution >= 0.6 is 31.9 Å². The summed E-state index contributed by atoms with van der Waals surface area (Å²) in [6.45, 7) is 0. The molecule has 1 aliphatic heterocycles. The molecule has 1 heterocycles. The topological polar surface area (TPSA) is 78.7 Å². The molecule has 2 aromatic rings. The van der Waals surface area contributed by atoms with Gasteiger partial charge in [0.25, 0.3) is 5.79 Å². The summed E-state index contributed by atoms with van der Waals surface area (Å²) in [6.07, 6.45) is 1.54. The number of hydrogen-bond acceptors (Lipinski definition) is 7. The first-order valence-corrected chi connectivity index (χ1v) is 9.75. The Morgan fingerprint density at radius 2 is 1.36 bits per heavy atom. The Hall–Kier alpha value is -1.97. The van der Waals surface area contributed by atoms with Crippen LogP contribution in [0.25, 0.3) is 0 Å². The van der Waals surface area contributed by atoms with E-state index in [9.17, 15) is 5.11 Å². The molecule has 1 N–H and O–H groups in total. The molecule has 150 valence electrons. The van der Waals surface area contributed by atoms with Gasteiger partial charge >= 0.3 is 0 Å². The second-order valence-electron chi connectivity index (χ2n) is 5.94. The van der Waals surface area contributed by atoms with Crippen molar-refractivity contribution in [2.24, 2.45) is 5.16 Å². The highest BCUT2D eigenvalue weighted by Crippen LogP contribution is 2.49. The van der Waals surface area contributed by atoms with Crippen LogP contribution in [0.4, 0.5) is 0 Å². The van der Waals surface area contributed by atoms with Gasteiger partial charge in [0.1, 0.15) is 0 Å². The number of benzene rings is 2. The average molecular weight is 517 g/mol. The van der Waals surface area contributed by atoms with Crippen LogP contribution in [-0.4, -0.2) is 39.8 Å². The molecule has 28 heavy (non-hydrogen) atoms. The Balaban J connectivity index is 2.14. The summed E-state index contributed by atoms with van der Waals surface area (Å²) in [5, 5.41) is 15.4. The van der Waals surface area contributed by atoms with Crippen molar-refractivity contribution in [3.8, 4) is 23.0 Å². The van der Waals surface area contributed by atoms with Gasteiger partial charge in [-0.15, -0.1) is 0 Å². The second-order valence-corrected chi connectivity index (χ2v) is 7.64. The molecular formula is C19H19Br2NO6. The predicted molar refractivity (Wildman–Crippen MR) is 111 cm³/mol. The molecule has 0 saturated carbocycles. The molecule has 0 aromatic heterocycles. The monoisotopic (exact) mass is 515 g/mol. The van der Waals surface area contributed by atoms with Crippen molar-refractivity contribution < 1.29 is 28.9 Å². The van der Waals surface area contributed by atoms with Crippen LogP contribution in [0, 0.1) is 0 Å². The van der Waals surface area contributed by atoms with Gasteiger partial charge in [-0.25, -0.2) is 0 Å². The Morgan fingerprint density at radius 1 is 0.857 bits per heavy atom. The number of methoxy groups -OCH3 is 4. The Bertz CT molecular complexity index is 920. The highest BCUT2D eigenvalue weighted by atomic mass is 79.9. The molecule has 0 spiro atoms. The predicted octanol–water partition coefficient (Wildman–Crippen LogP) is 4.19. The molecule has 0 bridgehead atoms. The quantitative estimate of drug-likeness (QED) is 0.620. The van der Waals surface area contributed by atoms with Crippen molar-refractivity contribution in [3.63, 3.8) is 0 Å². The van der Waals surface area contributed by atoms with Crippen LogP contribution in [0.2, 0.25) is 0 Å². The zero-order valence-corrected chi connectivity index (χ0v) is 18.8. The third-order valence-corrected chi connectivity index (χ3v) is 5.86. The van der Waals surface area contributed by atoms with Crippen molar-refractivity contribution in [1.82, 2.24) is 0 Å². The summed E-state index contributed by atoms with van der Waals surface area (Å²) in [7, 11) is 6.17. The third-order valence-electron chi connectivity index (χ3n) is 4.52. The maximum atomic E-state index is 11.5. The number of aliphatic hydroxyl groups is 1. The molecule has 2 unspecified atom stereocenters. The lowest BCUT2D eigenvalue weighted by Crippen LogP contribution is -2.33. The van der Waals surface area contributed by atoms with Crippen molar-refractivity contribution in [2.75, 3.05) is 28.4 Å². The number of rotatable bonds is 6. The first-order valence-electron chi connectivity index (χ1n) is 8.17. The van der Waals surface area contributed by atoms with E-state index in [-0.39, 0.29) is 0 Å². The highest BCUT2D eigenvalue weighted by Gasteiger charge is 2.48. The summed E-state index contributed by atoms with van der Waals surface area (Å²) in [6, 6.07) is 6.89. The normalized spacial score (nSPS) is 20.6. The fourth-order valence-electron chi connectivity index (χ4n) is 3.07. The van der Waals surface area contributed by atoms with Gasteiger partial charge in [0.15, 0.2) is 23.0 Å². The Morgan fingerprint density at radius 3 is 1.93 bits per heavy atom. The van der Waals surface area contributed by atoms with Crippen LogP contribution in [-0.2, 0) is 10.6 Å². The van der Waals surface area contributed by atoms with Crippen molar-refractivity contribution in [2.45, 2.75) is 11.7 Å². The maximum Gasteiger partial charge on any atom is 0.274 e. The standard InChI is InChI=1S/C19H19Br2NO6/c1-24-15-5-10(13(20)7-17(15)26-3)12-9-22-28-19(12,23)11-6-16(25-2)18(27-4)8-14(11)21/h5-9,12,23H,1-4H3. The summed E-state index contributed by atoms with van der Waals surface area (Å²) >= 11 is 7.01. The Labute approximate surface area is 179 Å². The lowest BCUT2D eigenvalue weighted by molar-refractivity contribution is -0.203. The average Bonchev–Trinajstić information content (AvgIpc) is 3.09. The molecule has 0 radical (unpaired) electrons. The van der Waals surface area contributed by atoms with Gasteiger partial charge in [0.2, 0.25) is 0 Å². The molecule has 9 heteroatoms. The van der Waals surface area contributed by atoms with Crippen LogP contribution in [0.3, 0.4) is 0 Å². The van der Waals surface area contributed by atoms with Crippen molar-refractivity contribution in [3.05, 3.63) is 44.3 Å². The highest BCUT2D eigenvalue weighted by molar-refractivity contribution is 9.10. The van der Waals surface area contributed by atoms with Gasteiger partial charge in [0, 0.05) is 14.5 Å². The number of oxime groups is 1. The van der Waals surface area contributed by atoms with Gasteiger partial charge in [-0.1, -0.05) is 37.0 Å². The molecule has 7 nitrogen and oxygen atoms in total. The minimum Gasteiger partial charge on any atom is -0.493 e. The third kappa shape index (κ3) is 3.42. The van der Waals surface area contributed by atoms with Gasteiger partial charge < -0.3 is 28.9 Å². The number of nitrogens with zero attached hydrogens (tertiary/aromatic N) is 1. The number of ether oxygens (including phenoxy) is 4. The largest absolute Gasteiger partial charge is 0.493 e. The van der Waals surface area contributed by atoms with E-state index in [1.54, 1.807) is 38.5 Å². The molecular weight excluding hydrogens is 498 g/mol. The number of halogens is 2. The van der Waals surface area contributed by atoms with E-state index in [2.05, 4.69) is 37.0 Å². The first-order chi connectivity index (χ1) is 13.4. The second kappa shape index (κ2) is 8.18. The van der Waals surface area contributed by atoms with Crippen LogP contribution in [0.15, 0.2) is 38.4 Å². The smallest absolute Gasteiger partial charge is 0.274 e. The first kappa shape index (κ1) is 20.8. The van der Waals surface area contributed by atoms with Crippen LogP contribution in [0.1, 0.15) is 17.0 Å². The molecule has 2 aromatic carbocycles. The van der Waals surface area contributed by atoms with Crippen LogP contribution in [0.5, 0.6) is 23.0 Å². The summed E-state index contributed by atoms with van der Waals surface area (Å²) in [5.41, 5.74) is 1.15. The minimum absolute atomic E-state index is 0.439. The van der Waals surface area contributed by atoms with Gasteiger partial charge in [-0.3, -0.25) is 0 Å². The molecule has 0 saturated heterocycles. The van der Waals surface area contributed by atoms with E-state index in [4.69, 9.17) is 23.8 Å². The van der Waals surface area contributed by atoms with E-state index in [1.165, 1.54) is 20.4 Å². The van der Waals surface area contributed by atoms with E-state index in [1.807, 2.05) is 0 Å². The lowest BCUT2D eigenvalue weighted by atomic mass is 9.86. The van der Waals surface area contributed by atoms with E-state index >= 15 is 0 Å². The van der Waals surface area contributed by atoms with E-state index in [0.717, 1.165) is 0 Å². The SMILES string of the molecule is COc1cc(Br)c(C2C=NOC2(O)c2cc(OC)c(OC)cc2Br)cc1OC. The van der Waals surface area contributed by atoms with Gasteiger partial charge in [-0.05, 0) is 29.8 Å². The summed E-state index contributed by atoms with van der Waals surface area (Å²) < 4.78 is 22.7. The summed E-state index contributed by atoms with van der Waals surface area (Å²) in [5.74, 6) is -0.351. The molecule has 0 fully saturated rings. The van der Waals surface area contributed by atoms with Gasteiger partial charge in [0.05, 0.1) is 40.6 Å². The molecule has 2 atom stereocenters. The lowest BCUT2D eigenvalue weighted by Gasteiger charge is -2.29. The van der Waals surface area contributed by atoms with E-state index < -0.39 is 11.7 Å². The van der Waals surface area contributed by atoms with Gasteiger partial charge in [-0.2, -0.15) is 0 Å². The number of hydrogen-bond donors (Lipinski definition) is 1. The Kier molecular flexibility index (Phi) is 6.07. The van der Waals surface area contributed by atoms with Crippen molar-refractivity contribution >= 4 is 38.1 Å². The fraction of sp³-hybridized carbons (Fsp3) is 0.316. The van der Waals surface area contributed by atoms with E-state index in [0.29, 0.717) is 43.1 Å². The van der Waals surface area contributed by atoms with Crippen molar-refractivity contribution in [1.29, 1.82) is 0 Å². The molecule has 3 rings (SSSR count). The zero-order valence-electron chi connectivity index (χ0n) is 15.7. The fourth-order valence-corrected chi connectivity index (χ4v) is 4.25. The van der Waals surface area contributed by atoms with Crippen LogP contribution < -0.4 is 18.9 Å². The molecule has 0 amide bonds.